The van der Waals surface area contributed by atoms with Gasteiger partial charge in [0.25, 0.3) is 5.69 Å². The van der Waals surface area contributed by atoms with Crippen molar-refractivity contribution in [1.29, 1.82) is 0 Å². The van der Waals surface area contributed by atoms with E-state index >= 15 is 0 Å². The van der Waals surface area contributed by atoms with Gasteiger partial charge in [0.15, 0.2) is 5.75 Å². The molecule has 122 valence electrons. The Morgan fingerprint density at radius 3 is 2.62 bits per heavy atom. The number of nitro groups is 1. The summed E-state index contributed by atoms with van der Waals surface area (Å²) in [6.45, 7) is 0.254. The lowest BCUT2D eigenvalue weighted by Gasteiger charge is -2.07. The van der Waals surface area contributed by atoms with Crippen molar-refractivity contribution in [2.24, 2.45) is 0 Å². The van der Waals surface area contributed by atoms with Crippen LogP contribution < -0.4 is 4.74 Å². The van der Waals surface area contributed by atoms with E-state index in [-0.39, 0.29) is 18.0 Å². The van der Waals surface area contributed by atoms with Gasteiger partial charge in [0.1, 0.15) is 12.3 Å². The van der Waals surface area contributed by atoms with E-state index in [1.54, 1.807) is 0 Å². The third kappa shape index (κ3) is 3.05. The Labute approximate surface area is 137 Å². The monoisotopic (exact) mass is 326 g/mol. The van der Waals surface area contributed by atoms with E-state index < -0.39 is 10.9 Å². The molecule has 1 aromatic heterocycles. The number of carbonyl (C=O) groups excluding carboxylic acids is 1. The number of ether oxygens (including phenoxy) is 2. The predicted octanol–water partition coefficient (Wildman–Crippen LogP) is 3.44. The molecule has 0 atom stereocenters. The van der Waals surface area contributed by atoms with Crippen LogP contribution in [0.5, 0.6) is 5.75 Å². The molecule has 0 unspecified atom stereocenters. The van der Waals surface area contributed by atoms with E-state index in [2.05, 4.69) is 9.72 Å². The van der Waals surface area contributed by atoms with Gasteiger partial charge >= 0.3 is 5.97 Å². The summed E-state index contributed by atoms with van der Waals surface area (Å²) in [6.07, 6.45) is 0. The molecule has 0 amide bonds. The van der Waals surface area contributed by atoms with Crippen LogP contribution in [0.3, 0.4) is 0 Å². The fourth-order valence-electron chi connectivity index (χ4n) is 2.37. The molecule has 0 fully saturated rings. The van der Waals surface area contributed by atoms with E-state index in [0.717, 1.165) is 5.56 Å². The second kappa shape index (κ2) is 6.41. The van der Waals surface area contributed by atoms with Gasteiger partial charge in [0, 0.05) is 11.5 Å². The van der Waals surface area contributed by atoms with Crippen LogP contribution in [-0.2, 0) is 11.3 Å². The number of nitro benzene ring substituents is 1. The Morgan fingerprint density at radius 2 is 1.96 bits per heavy atom. The number of rotatable bonds is 5. The van der Waals surface area contributed by atoms with Crippen LogP contribution in [0.15, 0.2) is 48.5 Å². The minimum absolute atomic E-state index is 0.110. The highest BCUT2D eigenvalue weighted by molar-refractivity contribution is 5.97. The highest BCUT2D eigenvalue weighted by Crippen LogP contribution is 2.32. The summed E-state index contributed by atoms with van der Waals surface area (Å²) >= 11 is 0. The van der Waals surface area contributed by atoms with Gasteiger partial charge in [-0.1, -0.05) is 30.3 Å². The smallest absolute Gasteiger partial charge is 0.354 e. The second-order valence-corrected chi connectivity index (χ2v) is 5.11. The number of benzene rings is 2. The van der Waals surface area contributed by atoms with Crippen LogP contribution in [0.1, 0.15) is 16.1 Å². The zero-order chi connectivity index (χ0) is 17.1. The first-order valence-corrected chi connectivity index (χ1v) is 7.14. The topological polar surface area (TPSA) is 94.5 Å². The van der Waals surface area contributed by atoms with Crippen LogP contribution in [0.4, 0.5) is 5.69 Å². The van der Waals surface area contributed by atoms with Crippen molar-refractivity contribution in [3.63, 3.8) is 0 Å². The summed E-state index contributed by atoms with van der Waals surface area (Å²) < 4.78 is 10.4. The number of fused-ring (bicyclic) bond motifs is 1. The van der Waals surface area contributed by atoms with E-state index in [4.69, 9.17) is 4.74 Å². The largest absolute Gasteiger partial charge is 0.486 e. The number of carbonyl (C=O) groups is 1. The summed E-state index contributed by atoms with van der Waals surface area (Å²) in [7, 11) is 1.27. The molecule has 24 heavy (non-hydrogen) atoms. The van der Waals surface area contributed by atoms with Crippen LogP contribution in [0.2, 0.25) is 0 Å². The Morgan fingerprint density at radius 1 is 1.21 bits per heavy atom. The average molecular weight is 326 g/mol. The Bertz CT molecular complexity index is 902. The first-order valence-electron chi connectivity index (χ1n) is 7.14. The molecule has 0 aliphatic heterocycles. The third-order valence-electron chi connectivity index (χ3n) is 3.53. The number of aromatic amines is 1. The maximum Gasteiger partial charge on any atom is 0.354 e. The zero-order valence-corrected chi connectivity index (χ0v) is 12.8. The molecule has 0 aliphatic rings. The Balaban J connectivity index is 2.01. The summed E-state index contributed by atoms with van der Waals surface area (Å²) in [5.41, 5.74) is 1.53. The summed E-state index contributed by atoms with van der Waals surface area (Å²) in [5, 5.41) is 11.6. The molecule has 0 radical (unpaired) electrons. The number of nitrogens with zero attached hydrogens (tertiary/aromatic N) is 1. The maximum atomic E-state index is 11.7. The molecule has 0 spiro atoms. The van der Waals surface area contributed by atoms with Gasteiger partial charge in [-0.25, -0.2) is 4.79 Å². The first-order chi connectivity index (χ1) is 11.6. The fourth-order valence-corrected chi connectivity index (χ4v) is 2.37. The summed E-state index contributed by atoms with van der Waals surface area (Å²) in [5.74, 6) is -0.249. The van der Waals surface area contributed by atoms with Gasteiger partial charge in [-0.05, 0) is 11.6 Å². The van der Waals surface area contributed by atoms with Crippen LogP contribution in [0, 0.1) is 10.1 Å². The Kier molecular flexibility index (Phi) is 4.15. The van der Waals surface area contributed by atoms with Crippen molar-refractivity contribution in [2.45, 2.75) is 6.61 Å². The third-order valence-corrected chi connectivity index (χ3v) is 3.53. The summed E-state index contributed by atoms with van der Waals surface area (Å²) in [6, 6.07) is 13.7. The second-order valence-electron chi connectivity index (χ2n) is 5.11. The number of hydrogen-bond acceptors (Lipinski definition) is 5. The van der Waals surface area contributed by atoms with Gasteiger partial charge in [-0.15, -0.1) is 0 Å². The molecule has 2 aromatic carbocycles. The van der Waals surface area contributed by atoms with Crippen molar-refractivity contribution in [3.8, 4) is 5.75 Å². The maximum absolute atomic E-state index is 11.7. The highest BCUT2D eigenvalue weighted by Gasteiger charge is 2.18. The molecule has 7 heteroatoms. The van der Waals surface area contributed by atoms with Crippen molar-refractivity contribution in [1.82, 2.24) is 4.98 Å². The molecule has 3 rings (SSSR count). The summed E-state index contributed by atoms with van der Waals surface area (Å²) in [4.78, 5) is 25.2. The molecule has 0 saturated heterocycles. The molecule has 0 aliphatic carbocycles. The van der Waals surface area contributed by atoms with Gasteiger partial charge in [0.2, 0.25) is 0 Å². The number of aromatic nitrogens is 1. The van der Waals surface area contributed by atoms with Gasteiger partial charge in [-0.3, -0.25) is 10.1 Å². The molecule has 7 nitrogen and oxygen atoms in total. The van der Waals surface area contributed by atoms with Crippen molar-refractivity contribution >= 4 is 22.6 Å². The quantitative estimate of drug-likeness (QED) is 0.440. The SMILES string of the molecule is COC(=O)c1cc2cc([N+](=O)[O-])cc(OCc3ccccc3)c2[nH]1. The lowest BCUT2D eigenvalue weighted by molar-refractivity contribution is -0.384. The van der Waals surface area contributed by atoms with Gasteiger partial charge in [0.05, 0.1) is 23.6 Å². The molecule has 3 aromatic rings. The fraction of sp³-hybridized carbons (Fsp3) is 0.118. The molecular formula is C17H14N2O5. The van der Waals surface area contributed by atoms with E-state index in [1.807, 2.05) is 30.3 Å². The van der Waals surface area contributed by atoms with Gasteiger partial charge < -0.3 is 14.5 Å². The molecule has 0 bridgehead atoms. The number of H-pyrrole nitrogens is 1. The van der Waals surface area contributed by atoms with E-state index in [0.29, 0.717) is 16.7 Å². The Hall–Kier alpha value is -3.35. The standard InChI is InChI=1S/C17H14N2O5/c1-23-17(20)14-8-12-7-13(19(21)22)9-15(16(12)18-14)24-10-11-5-3-2-4-6-11/h2-9,18H,10H2,1H3. The van der Waals surface area contributed by atoms with Gasteiger partial charge in [-0.2, -0.15) is 0 Å². The van der Waals surface area contributed by atoms with Crippen LogP contribution in [0.25, 0.3) is 10.9 Å². The lowest BCUT2D eigenvalue weighted by Crippen LogP contribution is -2.01. The van der Waals surface area contributed by atoms with Crippen molar-refractivity contribution < 1.29 is 19.2 Å². The van der Waals surface area contributed by atoms with E-state index in [1.165, 1.54) is 25.3 Å². The first kappa shape index (κ1) is 15.5. The molecule has 1 N–H and O–H groups in total. The van der Waals surface area contributed by atoms with Crippen LogP contribution >= 0.6 is 0 Å². The van der Waals surface area contributed by atoms with Crippen molar-refractivity contribution in [3.05, 3.63) is 69.9 Å². The number of non-ortho nitro benzene ring substituents is 1. The molecule has 1 heterocycles. The van der Waals surface area contributed by atoms with Crippen LogP contribution in [-0.4, -0.2) is 23.0 Å². The minimum Gasteiger partial charge on any atom is -0.486 e. The highest BCUT2D eigenvalue weighted by atomic mass is 16.6. The molecule has 0 saturated carbocycles. The van der Waals surface area contributed by atoms with E-state index in [9.17, 15) is 14.9 Å². The van der Waals surface area contributed by atoms with Crippen molar-refractivity contribution in [2.75, 3.05) is 7.11 Å². The minimum atomic E-state index is -0.553. The predicted molar refractivity (Wildman–Crippen MR) is 87.1 cm³/mol. The zero-order valence-electron chi connectivity index (χ0n) is 12.8. The number of hydrogen-bond donors (Lipinski definition) is 1. The number of nitrogens with one attached hydrogen (secondary N) is 1. The molecular weight excluding hydrogens is 312 g/mol. The number of methoxy groups -OCH3 is 1. The average Bonchev–Trinajstić information content (AvgIpc) is 3.04. The normalized spacial score (nSPS) is 10.5. The number of esters is 1. The lowest BCUT2D eigenvalue weighted by atomic mass is 10.2.